The van der Waals surface area contributed by atoms with Gasteiger partial charge < -0.3 is 10.6 Å². The van der Waals surface area contributed by atoms with Crippen LogP contribution in [0.3, 0.4) is 0 Å². The largest absolute Gasteiger partial charge is 0.348 e. The van der Waals surface area contributed by atoms with E-state index in [1.165, 1.54) is 17.5 Å². The summed E-state index contributed by atoms with van der Waals surface area (Å²) in [7, 11) is -0.970. The summed E-state index contributed by atoms with van der Waals surface area (Å²) in [6.45, 7) is 1.18. The number of amides is 1. The molecule has 1 aliphatic heterocycles. The Kier molecular flexibility index (Phi) is 5.78. The molecule has 0 bridgehead atoms. The molecule has 2 aromatic carbocycles. The Hall–Kier alpha value is -2.90. The van der Waals surface area contributed by atoms with Crippen molar-refractivity contribution in [3.05, 3.63) is 89.0 Å². The maximum Gasteiger partial charge on any atom is 0.251 e. The van der Waals surface area contributed by atoms with Gasteiger partial charge in [-0.2, -0.15) is 0 Å². The van der Waals surface area contributed by atoms with Crippen molar-refractivity contribution in [1.82, 2.24) is 20.6 Å². The van der Waals surface area contributed by atoms with E-state index >= 15 is 0 Å². The molecule has 0 radical (unpaired) electrons. The van der Waals surface area contributed by atoms with E-state index in [-0.39, 0.29) is 11.9 Å². The first kappa shape index (κ1) is 19.4. The van der Waals surface area contributed by atoms with Crippen LogP contribution < -0.4 is 10.6 Å². The zero-order valence-corrected chi connectivity index (χ0v) is 16.9. The van der Waals surface area contributed by atoms with Gasteiger partial charge in [-0.05, 0) is 47.4 Å². The van der Waals surface area contributed by atoms with Crippen molar-refractivity contribution in [2.75, 3.05) is 6.26 Å². The third-order valence-corrected chi connectivity index (χ3v) is 6.02. The lowest BCUT2D eigenvalue weighted by Gasteiger charge is -2.14. The predicted octanol–water partition coefficient (Wildman–Crippen LogP) is 2.53. The fourth-order valence-electron chi connectivity index (χ4n) is 3.51. The highest BCUT2D eigenvalue weighted by atomic mass is 32.2. The molecule has 0 saturated heterocycles. The molecule has 1 amide bonds. The fourth-order valence-corrected chi connectivity index (χ4v) is 4.02. The Labute approximate surface area is 172 Å². The van der Waals surface area contributed by atoms with Crippen LogP contribution in [0, 0.1) is 0 Å². The van der Waals surface area contributed by atoms with Crippen molar-refractivity contribution >= 4 is 16.7 Å². The number of carbonyl (C=O) groups excluding carboxylic acids is 1. The van der Waals surface area contributed by atoms with Crippen molar-refractivity contribution in [3.63, 3.8) is 0 Å². The molecule has 2 N–H and O–H groups in total. The normalized spacial score (nSPS) is 16.2. The molecule has 148 valence electrons. The van der Waals surface area contributed by atoms with Gasteiger partial charge in [0.15, 0.2) is 0 Å². The molecule has 2 unspecified atom stereocenters. The van der Waals surface area contributed by atoms with Crippen LogP contribution in [0.4, 0.5) is 0 Å². The van der Waals surface area contributed by atoms with Crippen molar-refractivity contribution in [3.8, 4) is 0 Å². The number of rotatable bonds is 6. The highest BCUT2D eigenvalue weighted by molar-refractivity contribution is 7.84. The molecule has 2 heterocycles. The number of hydrogen-bond acceptors (Lipinski definition) is 5. The van der Waals surface area contributed by atoms with Crippen LogP contribution in [0.2, 0.25) is 0 Å². The van der Waals surface area contributed by atoms with Crippen molar-refractivity contribution < 1.29 is 9.00 Å². The van der Waals surface area contributed by atoms with Gasteiger partial charge in [-0.15, -0.1) is 0 Å². The lowest BCUT2D eigenvalue weighted by molar-refractivity contribution is 0.0950. The van der Waals surface area contributed by atoms with Gasteiger partial charge in [0.05, 0.1) is 0 Å². The Morgan fingerprint density at radius 1 is 1.14 bits per heavy atom. The van der Waals surface area contributed by atoms with E-state index in [1.807, 2.05) is 42.5 Å². The summed E-state index contributed by atoms with van der Waals surface area (Å²) in [5.74, 6) is -0.114. The summed E-state index contributed by atoms with van der Waals surface area (Å²) in [5.41, 5.74) is 5.05. The van der Waals surface area contributed by atoms with Crippen LogP contribution >= 0.6 is 0 Å². The first-order valence-electron chi connectivity index (χ1n) is 9.41. The topological polar surface area (TPSA) is 84.0 Å². The predicted molar refractivity (Wildman–Crippen MR) is 112 cm³/mol. The van der Waals surface area contributed by atoms with Gasteiger partial charge in [0.25, 0.3) is 5.91 Å². The third-order valence-electron chi connectivity index (χ3n) is 5.08. The number of fused-ring (bicyclic) bond motifs is 1. The smallest absolute Gasteiger partial charge is 0.251 e. The SMILES string of the molecule is CS(=O)c1ccc(CC2NCc3ccc(C(=O)NCc4cncnc4)cc32)cc1. The lowest BCUT2D eigenvalue weighted by Crippen LogP contribution is -2.23. The molecule has 6 nitrogen and oxygen atoms in total. The van der Waals surface area contributed by atoms with E-state index in [2.05, 4.69) is 20.6 Å². The molecule has 0 spiro atoms. The molecule has 0 fully saturated rings. The Balaban J connectivity index is 1.46. The van der Waals surface area contributed by atoms with Gasteiger partial charge in [0.1, 0.15) is 6.33 Å². The number of carbonyl (C=O) groups is 1. The molecule has 3 aromatic rings. The number of aromatic nitrogens is 2. The Morgan fingerprint density at radius 3 is 2.62 bits per heavy atom. The van der Waals surface area contributed by atoms with E-state index in [4.69, 9.17) is 0 Å². The van der Waals surface area contributed by atoms with Crippen LogP contribution in [-0.2, 0) is 30.3 Å². The maximum atomic E-state index is 12.6. The molecular weight excluding hydrogens is 384 g/mol. The molecule has 1 aliphatic rings. The minimum atomic E-state index is -0.970. The molecule has 29 heavy (non-hydrogen) atoms. The average molecular weight is 407 g/mol. The van der Waals surface area contributed by atoms with Crippen molar-refractivity contribution in [2.24, 2.45) is 0 Å². The first-order chi connectivity index (χ1) is 14.1. The second-order valence-electron chi connectivity index (χ2n) is 7.08. The van der Waals surface area contributed by atoms with E-state index in [1.54, 1.807) is 18.6 Å². The van der Waals surface area contributed by atoms with E-state index in [0.717, 1.165) is 29.0 Å². The van der Waals surface area contributed by atoms with Gasteiger partial charge in [-0.1, -0.05) is 18.2 Å². The minimum Gasteiger partial charge on any atom is -0.348 e. The molecular formula is C22H22N4O2S. The second-order valence-corrected chi connectivity index (χ2v) is 8.46. The summed E-state index contributed by atoms with van der Waals surface area (Å²) < 4.78 is 11.6. The van der Waals surface area contributed by atoms with Crippen LogP contribution in [0.15, 0.2) is 66.1 Å². The summed E-state index contributed by atoms with van der Waals surface area (Å²) in [6, 6.07) is 13.9. The van der Waals surface area contributed by atoms with Crippen LogP contribution in [-0.4, -0.2) is 26.3 Å². The second kappa shape index (κ2) is 8.63. The highest BCUT2D eigenvalue weighted by Crippen LogP contribution is 2.29. The number of benzene rings is 2. The molecule has 2 atom stereocenters. The molecule has 4 rings (SSSR count). The first-order valence-corrected chi connectivity index (χ1v) is 11.0. The average Bonchev–Trinajstić information content (AvgIpc) is 3.15. The molecule has 0 aliphatic carbocycles. The van der Waals surface area contributed by atoms with Crippen molar-refractivity contribution in [2.45, 2.75) is 30.4 Å². The molecule has 0 saturated carbocycles. The van der Waals surface area contributed by atoms with E-state index < -0.39 is 10.8 Å². The fraction of sp³-hybridized carbons (Fsp3) is 0.227. The zero-order chi connectivity index (χ0) is 20.2. The Morgan fingerprint density at radius 2 is 1.90 bits per heavy atom. The summed E-state index contributed by atoms with van der Waals surface area (Å²) in [5, 5.41) is 6.44. The maximum absolute atomic E-state index is 12.6. The van der Waals surface area contributed by atoms with Crippen LogP contribution in [0.5, 0.6) is 0 Å². The van der Waals surface area contributed by atoms with Gasteiger partial charge in [-0.25, -0.2) is 9.97 Å². The third kappa shape index (κ3) is 4.58. The summed E-state index contributed by atoms with van der Waals surface area (Å²) >= 11 is 0. The quantitative estimate of drug-likeness (QED) is 0.657. The highest BCUT2D eigenvalue weighted by Gasteiger charge is 2.23. The van der Waals surface area contributed by atoms with Crippen LogP contribution in [0.1, 0.15) is 38.7 Å². The number of nitrogens with zero attached hydrogens (tertiary/aromatic N) is 2. The van der Waals surface area contributed by atoms with Gasteiger partial charge in [-0.3, -0.25) is 9.00 Å². The van der Waals surface area contributed by atoms with E-state index in [0.29, 0.717) is 12.1 Å². The van der Waals surface area contributed by atoms with Crippen LogP contribution in [0.25, 0.3) is 0 Å². The molecule has 1 aromatic heterocycles. The summed E-state index contributed by atoms with van der Waals surface area (Å²) in [4.78, 5) is 21.3. The summed E-state index contributed by atoms with van der Waals surface area (Å²) in [6.07, 6.45) is 7.34. The monoisotopic (exact) mass is 406 g/mol. The van der Waals surface area contributed by atoms with E-state index in [9.17, 15) is 9.00 Å². The molecule has 7 heteroatoms. The van der Waals surface area contributed by atoms with Gasteiger partial charge in [0.2, 0.25) is 0 Å². The van der Waals surface area contributed by atoms with Crippen molar-refractivity contribution in [1.29, 1.82) is 0 Å². The Bertz CT molecular complexity index is 1040. The zero-order valence-electron chi connectivity index (χ0n) is 16.1. The number of nitrogens with one attached hydrogen (secondary N) is 2. The number of hydrogen-bond donors (Lipinski definition) is 2. The lowest BCUT2D eigenvalue weighted by atomic mass is 9.96. The van der Waals surface area contributed by atoms with Gasteiger partial charge in [0, 0.05) is 64.6 Å². The minimum absolute atomic E-state index is 0.114. The van der Waals surface area contributed by atoms with Gasteiger partial charge >= 0.3 is 0 Å². The standard InChI is InChI=1S/C22H22N4O2S/c1-29(28)19-6-2-15(3-7-19)8-21-20-9-17(4-5-18(20)13-25-21)22(27)26-12-16-10-23-14-24-11-16/h2-7,9-11,14,21,25H,8,12-13H2,1H3,(H,26,27).